The molecule has 0 N–H and O–H groups in total. The standard InChI is InChI=1S/C16H21NO/c18-16(15-8-9-15)14-6-4-13(5-7-14)12-17-10-2-1-3-11-17/h4-7,15H,1-3,8-12H2. The molecule has 1 aromatic carbocycles. The van der Waals surface area contributed by atoms with Crippen LogP contribution in [0.2, 0.25) is 0 Å². The van der Waals surface area contributed by atoms with E-state index in [1.807, 2.05) is 12.1 Å². The van der Waals surface area contributed by atoms with Crippen LogP contribution in [0.3, 0.4) is 0 Å². The van der Waals surface area contributed by atoms with Crippen molar-refractivity contribution in [2.75, 3.05) is 13.1 Å². The second-order valence-corrected chi connectivity index (χ2v) is 5.67. The summed E-state index contributed by atoms with van der Waals surface area (Å²) in [5.74, 6) is 0.678. The van der Waals surface area contributed by atoms with Gasteiger partial charge in [-0.05, 0) is 44.3 Å². The number of likely N-dealkylation sites (tertiary alicyclic amines) is 1. The van der Waals surface area contributed by atoms with E-state index in [0.717, 1.165) is 24.9 Å². The molecule has 2 aliphatic rings. The molecule has 3 rings (SSSR count). The quantitative estimate of drug-likeness (QED) is 0.756. The zero-order valence-electron chi connectivity index (χ0n) is 10.9. The third-order valence-electron chi connectivity index (χ3n) is 4.04. The van der Waals surface area contributed by atoms with Crippen LogP contribution in [-0.2, 0) is 6.54 Å². The van der Waals surface area contributed by atoms with Crippen LogP contribution in [0.5, 0.6) is 0 Å². The minimum atomic E-state index is 0.331. The predicted molar refractivity (Wildman–Crippen MR) is 72.6 cm³/mol. The van der Waals surface area contributed by atoms with Gasteiger partial charge in [0.25, 0.3) is 0 Å². The fourth-order valence-electron chi connectivity index (χ4n) is 2.73. The number of Topliss-reactive ketones (excluding diaryl/α,β-unsaturated/α-hetero) is 1. The summed E-state index contributed by atoms with van der Waals surface area (Å²) >= 11 is 0. The number of hydrogen-bond donors (Lipinski definition) is 0. The maximum absolute atomic E-state index is 11.9. The number of carbonyl (C=O) groups is 1. The molecule has 0 spiro atoms. The van der Waals surface area contributed by atoms with Crippen molar-refractivity contribution in [3.8, 4) is 0 Å². The molecular weight excluding hydrogens is 222 g/mol. The highest BCUT2D eigenvalue weighted by molar-refractivity contribution is 5.99. The predicted octanol–water partition coefficient (Wildman–Crippen LogP) is 3.27. The van der Waals surface area contributed by atoms with Gasteiger partial charge in [-0.15, -0.1) is 0 Å². The van der Waals surface area contributed by atoms with Gasteiger partial charge >= 0.3 is 0 Å². The van der Waals surface area contributed by atoms with Gasteiger partial charge in [0.15, 0.2) is 5.78 Å². The SMILES string of the molecule is O=C(c1ccc(CN2CCCCC2)cc1)C1CC1. The molecule has 1 aromatic rings. The summed E-state index contributed by atoms with van der Waals surface area (Å²) in [6, 6.07) is 8.29. The number of benzene rings is 1. The molecule has 1 saturated carbocycles. The summed E-state index contributed by atoms with van der Waals surface area (Å²) in [7, 11) is 0. The minimum Gasteiger partial charge on any atom is -0.299 e. The van der Waals surface area contributed by atoms with Crippen LogP contribution in [0.15, 0.2) is 24.3 Å². The van der Waals surface area contributed by atoms with Crippen molar-refractivity contribution >= 4 is 5.78 Å². The van der Waals surface area contributed by atoms with E-state index in [0.29, 0.717) is 11.7 Å². The first-order valence-corrected chi connectivity index (χ1v) is 7.18. The maximum atomic E-state index is 11.9. The molecular formula is C16H21NO. The molecule has 1 aliphatic heterocycles. The molecule has 0 atom stereocenters. The Labute approximate surface area is 109 Å². The van der Waals surface area contributed by atoms with E-state index < -0.39 is 0 Å². The smallest absolute Gasteiger partial charge is 0.165 e. The molecule has 1 saturated heterocycles. The monoisotopic (exact) mass is 243 g/mol. The highest BCUT2D eigenvalue weighted by atomic mass is 16.1. The second-order valence-electron chi connectivity index (χ2n) is 5.67. The van der Waals surface area contributed by atoms with Crippen molar-refractivity contribution in [1.82, 2.24) is 4.90 Å². The van der Waals surface area contributed by atoms with Crippen LogP contribution >= 0.6 is 0 Å². The van der Waals surface area contributed by atoms with Gasteiger partial charge in [0.05, 0.1) is 0 Å². The summed E-state index contributed by atoms with van der Waals surface area (Å²) < 4.78 is 0. The summed E-state index contributed by atoms with van der Waals surface area (Å²) in [5.41, 5.74) is 2.24. The minimum absolute atomic E-state index is 0.331. The number of piperidine rings is 1. The van der Waals surface area contributed by atoms with E-state index in [-0.39, 0.29) is 0 Å². The largest absolute Gasteiger partial charge is 0.299 e. The van der Waals surface area contributed by atoms with Crippen molar-refractivity contribution in [3.05, 3.63) is 35.4 Å². The average Bonchev–Trinajstić information content (AvgIpc) is 3.24. The van der Waals surface area contributed by atoms with Gasteiger partial charge in [-0.2, -0.15) is 0 Å². The second kappa shape index (κ2) is 5.23. The molecule has 2 fully saturated rings. The van der Waals surface area contributed by atoms with E-state index in [2.05, 4.69) is 17.0 Å². The molecule has 0 aromatic heterocycles. The summed E-state index contributed by atoms with van der Waals surface area (Å²) in [4.78, 5) is 14.4. The lowest BCUT2D eigenvalue weighted by Gasteiger charge is -2.26. The van der Waals surface area contributed by atoms with Gasteiger partial charge in [0.1, 0.15) is 0 Å². The molecule has 0 bridgehead atoms. The Morgan fingerprint density at radius 2 is 1.72 bits per heavy atom. The van der Waals surface area contributed by atoms with Crippen molar-refractivity contribution in [3.63, 3.8) is 0 Å². The summed E-state index contributed by atoms with van der Waals surface area (Å²) in [6.45, 7) is 3.49. The van der Waals surface area contributed by atoms with E-state index >= 15 is 0 Å². The molecule has 96 valence electrons. The Morgan fingerprint density at radius 3 is 2.33 bits per heavy atom. The first-order valence-electron chi connectivity index (χ1n) is 7.18. The lowest BCUT2D eigenvalue weighted by Crippen LogP contribution is -2.29. The first kappa shape index (κ1) is 11.9. The van der Waals surface area contributed by atoms with Crippen LogP contribution in [0.4, 0.5) is 0 Å². The van der Waals surface area contributed by atoms with Crippen LogP contribution in [0.1, 0.15) is 48.0 Å². The maximum Gasteiger partial charge on any atom is 0.165 e. The number of rotatable bonds is 4. The third kappa shape index (κ3) is 2.81. The fraction of sp³-hybridized carbons (Fsp3) is 0.562. The Kier molecular flexibility index (Phi) is 3.46. The van der Waals surface area contributed by atoms with E-state index in [1.165, 1.54) is 37.9 Å². The van der Waals surface area contributed by atoms with Gasteiger partial charge in [0, 0.05) is 18.0 Å². The average molecular weight is 243 g/mol. The van der Waals surface area contributed by atoms with Crippen molar-refractivity contribution < 1.29 is 4.79 Å². The first-order chi connectivity index (χ1) is 8.83. The topological polar surface area (TPSA) is 20.3 Å². The number of carbonyl (C=O) groups excluding carboxylic acids is 1. The lowest BCUT2D eigenvalue weighted by atomic mass is 10.0. The molecule has 1 aliphatic carbocycles. The van der Waals surface area contributed by atoms with Crippen LogP contribution in [-0.4, -0.2) is 23.8 Å². The van der Waals surface area contributed by atoms with Gasteiger partial charge in [-0.1, -0.05) is 30.7 Å². The lowest BCUT2D eigenvalue weighted by molar-refractivity contribution is 0.0967. The number of ketones is 1. The Morgan fingerprint density at radius 1 is 1.06 bits per heavy atom. The highest BCUT2D eigenvalue weighted by Crippen LogP contribution is 2.32. The van der Waals surface area contributed by atoms with Crippen molar-refractivity contribution in [2.24, 2.45) is 5.92 Å². The van der Waals surface area contributed by atoms with E-state index in [1.54, 1.807) is 0 Å². The van der Waals surface area contributed by atoms with Crippen LogP contribution in [0, 0.1) is 5.92 Å². The Bertz CT molecular complexity index is 413. The fourth-order valence-corrected chi connectivity index (χ4v) is 2.73. The molecule has 0 unspecified atom stereocenters. The van der Waals surface area contributed by atoms with Gasteiger partial charge < -0.3 is 0 Å². The van der Waals surface area contributed by atoms with E-state index in [9.17, 15) is 4.79 Å². The molecule has 2 heteroatoms. The molecule has 0 radical (unpaired) electrons. The zero-order valence-corrected chi connectivity index (χ0v) is 10.9. The molecule has 0 amide bonds. The summed E-state index contributed by atoms with van der Waals surface area (Å²) in [6.07, 6.45) is 6.23. The normalized spacial score (nSPS) is 20.9. The van der Waals surface area contributed by atoms with Crippen LogP contribution < -0.4 is 0 Å². The Hall–Kier alpha value is -1.15. The number of nitrogens with zero attached hydrogens (tertiary/aromatic N) is 1. The highest BCUT2D eigenvalue weighted by Gasteiger charge is 2.30. The van der Waals surface area contributed by atoms with Gasteiger partial charge in [-0.3, -0.25) is 9.69 Å². The molecule has 1 heterocycles. The van der Waals surface area contributed by atoms with E-state index in [4.69, 9.17) is 0 Å². The third-order valence-corrected chi connectivity index (χ3v) is 4.04. The zero-order chi connectivity index (χ0) is 12.4. The van der Waals surface area contributed by atoms with Crippen molar-refractivity contribution in [2.45, 2.75) is 38.6 Å². The van der Waals surface area contributed by atoms with Gasteiger partial charge in [-0.25, -0.2) is 0 Å². The number of hydrogen-bond acceptors (Lipinski definition) is 2. The van der Waals surface area contributed by atoms with Crippen molar-refractivity contribution in [1.29, 1.82) is 0 Å². The Balaban J connectivity index is 1.61. The van der Waals surface area contributed by atoms with Crippen LogP contribution in [0.25, 0.3) is 0 Å². The molecule has 2 nitrogen and oxygen atoms in total. The van der Waals surface area contributed by atoms with Gasteiger partial charge in [0.2, 0.25) is 0 Å². The summed E-state index contributed by atoms with van der Waals surface area (Å²) in [5, 5.41) is 0. The molecule has 18 heavy (non-hydrogen) atoms.